The second-order valence-electron chi connectivity index (χ2n) is 3.17. The molecule has 1 unspecified atom stereocenters. The molecule has 1 aromatic carbocycles. The first-order chi connectivity index (χ1) is 8.33. The molecule has 0 saturated carbocycles. The Bertz CT molecular complexity index is 430. The Labute approximate surface area is 99.2 Å². The molecule has 98 valence electrons. The first kappa shape index (κ1) is 13.8. The predicted molar refractivity (Wildman–Crippen MR) is 52.7 cm³/mol. The van der Waals surface area contributed by atoms with Crippen molar-refractivity contribution in [3.05, 3.63) is 29.8 Å². The van der Waals surface area contributed by atoms with Crippen LogP contribution in [0.1, 0.15) is 11.6 Å². The maximum atomic E-state index is 11.9. The van der Waals surface area contributed by atoms with E-state index in [1.54, 1.807) is 0 Å². The van der Waals surface area contributed by atoms with E-state index in [-0.39, 0.29) is 12.0 Å². The number of carbonyl (C=O) groups is 2. The van der Waals surface area contributed by atoms with Crippen molar-refractivity contribution in [3.8, 4) is 5.75 Å². The number of hydrogen-bond donors (Lipinski definition) is 2. The fraction of sp³-hybridized carbons (Fsp3) is 0.200. The van der Waals surface area contributed by atoms with Gasteiger partial charge in [0.15, 0.2) is 6.04 Å². The number of halogens is 3. The molecule has 8 heteroatoms. The van der Waals surface area contributed by atoms with Gasteiger partial charge in [0.1, 0.15) is 5.75 Å². The second-order valence-corrected chi connectivity index (χ2v) is 3.17. The number of carboxylic acids is 1. The first-order valence-electron chi connectivity index (χ1n) is 4.61. The third kappa shape index (κ3) is 3.96. The van der Waals surface area contributed by atoms with Crippen LogP contribution in [0.3, 0.4) is 0 Å². The molecule has 0 aromatic heterocycles. The second kappa shape index (κ2) is 5.39. The molecule has 18 heavy (non-hydrogen) atoms. The Balaban J connectivity index is 2.87. The maximum absolute atomic E-state index is 11.9. The quantitative estimate of drug-likeness (QED) is 0.788. The molecule has 0 aliphatic rings. The van der Waals surface area contributed by atoms with E-state index >= 15 is 0 Å². The Morgan fingerprint density at radius 3 is 2.28 bits per heavy atom. The lowest BCUT2D eigenvalue weighted by molar-refractivity contribution is -0.274. The number of carboxylic acid groups (broad SMARTS) is 1. The van der Waals surface area contributed by atoms with Crippen molar-refractivity contribution in [2.45, 2.75) is 12.4 Å². The SMILES string of the molecule is O=CNC(C(=O)O)c1ccc(OC(F)(F)F)cc1. The lowest BCUT2D eigenvalue weighted by Gasteiger charge is -2.13. The normalized spacial score (nSPS) is 12.6. The molecule has 0 spiro atoms. The number of hydrogen-bond acceptors (Lipinski definition) is 3. The maximum Gasteiger partial charge on any atom is 0.573 e. The number of nitrogens with one attached hydrogen (secondary N) is 1. The first-order valence-corrected chi connectivity index (χ1v) is 4.61. The molecule has 0 radical (unpaired) electrons. The van der Waals surface area contributed by atoms with Crippen LogP contribution in [0.4, 0.5) is 13.2 Å². The highest BCUT2D eigenvalue weighted by Gasteiger charge is 2.31. The summed E-state index contributed by atoms with van der Waals surface area (Å²) in [6.45, 7) is 0. The van der Waals surface area contributed by atoms with Gasteiger partial charge in [0.25, 0.3) is 0 Å². The van der Waals surface area contributed by atoms with Crippen LogP contribution in [-0.4, -0.2) is 23.8 Å². The summed E-state index contributed by atoms with van der Waals surface area (Å²) in [7, 11) is 0. The van der Waals surface area contributed by atoms with E-state index in [1.807, 2.05) is 5.32 Å². The lowest BCUT2D eigenvalue weighted by Crippen LogP contribution is -2.27. The number of rotatable bonds is 5. The number of aliphatic carboxylic acids is 1. The molecule has 2 N–H and O–H groups in total. The van der Waals surface area contributed by atoms with Crippen LogP contribution in [-0.2, 0) is 9.59 Å². The minimum absolute atomic E-state index is 0.129. The topological polar surface area (TPSA) is 75.6 Å². The van der Waals surface area contributed by atoms with Crippen LogP contribution in [0.25, 0.3) is 0 Å². The molecule has 0 heterocycles. The molecule has 0 aliphatic heterocycles. The summed E-state index contributed by atoms with van der Waals surface area (Å²) < 4.78 is 39.2. The molecule has 1 atom stereocenters. The van der Waals surface area contributed by atoms with E-state index in [0.29, 0.717) is 0 Å². The molecule has 0 bridgehead atoms. The predicted octanol–water partition coefficient (Wildman–Crippen LogP) is 1.46. The number of amides is 1. The van der Waals surface area contributed by atoms with Crippen LogP contribution in [0.2, 0.25) is 0 Å². The summed E-state index contributed by atoms with van der Waals surface area (Å²) in [5.74, 6) is -1.80. The number of benzene rings is 1. The molecule has 0 saturated heterocycles. The van der Waals surface area contributed by atoms with Crippen LogP contribution < -0.4 is 10.1 Å². The Kier molecular flexibility index (Phi) is 4.13. The van der Waals surface area contributed by atoms with Gasteiger partial charge >= 0.3 is 12.3 Å². The van der Waals surface area contributed by atoms with Gasteiger partial charge in [-0.15, -0.1) is 13.2 Å². The van der Waals surface area contributed by atoms with Crippen LogP contribution >= 0.6 is 0 Å². The monoisotopic (exact) mass is 263 g/mol. The summed E-state index contributed by atoms with van der Waals surface area (Å²) >= 11 is 0. The summed E-state index contributed by atoms with van der Waals surface area (Å²) in [5.41, 5.74) is 0.129. The van der Waals surface area contributed by atoms with E-state index in [2.05, 4.69) is 4.74 Å². The Morgan fingerprint density at radius 2 is 1.89 bits per heavy atom. The molecular formula is C10H8F3NO4. The average Bonchev–Trinajstić information content (AvgIpc) is 2.25. The van der Waals surface area contributed by atoms with Crippen molar-refractivity contribution in [1.82, 2.24) is 5.32 Å². The van der Waals surface area contributed by atoms with Gasteiger partial charge in [0.05, 0.1) is 0 Å². The van der Waals surface area contributed by atoms with Crippen molar-refractivity contribution in [2.24, 2.45) is 0 Å². The smallest absolute Gasteiger partial charge is 0.479 e. The van der Waals surface area contributed by atoms with Gasteiger partial charge in [-0.2, -0.15) is 0 Å². The molecule has 1 aromatic rings. The minimum Gasteiger partial charge on any atom is -0.479 e. The molecular weight excluding hydrogens is 255 g/mol. The van der Waals surface area contributed by atoms with Crippen LogP contribution in [0, 0.1) is 0 Å². The summed E-state index contributed by atoms with van der Waals surface area (Å²) in [6.07, 6.45) is -4.62. The zero-order valence-corrected chi connectivity index (χ0v) is 8.77. The zero-order chi connectivity index (χ0) is 13.8. The third-order valence-corrected chi connectivity index (χ3v) is 1.93. The van der Waals surface area contributed by atoms with Crippen molar-refractivity contribution in [2.75, 3.05) is 0 Å². The molecule has 1 rings (SSSR count). The van der Waals surface area contributed by atoms with Crippen molar-refractivity contribution in [1.29, 1.82) is 0 Å². The summed E-state index contributed by atoms with van der Waals surface area (Å²) in [6, 6.07) is 2.85. The van der Waals surface area contributed by atoms with E-state index in [1.165, 1.54) is 0 Å². The van der Waals surface area contributed by atoms with E-state index in [0.717, 1.165) is 24.3 Å². The Morgan fingerprint density at radius 1 is 1.33 bits per heavy atom. The molecule has 1 amide bonds. The van der Waals surface area contributed by atoms with E-state index in [9.17, 15) is 22.8 Å². The Hall–Kier alpha value is -2.25. The zero-order valence-electron chi connectivity index (χ0n) is 8.77. The third-order valence-electron chi connectivity index (χ3n) is 1.93. The summed E-state index contributed by atoms with van der Waals surface area (Å²) in [5, 5.41) is 10.8. The molecule has 5 nitrogen and oxygen atoms in total. The van der Waals surface area contributed by atoms with Gasteiger partial charge < -0.3 is 15.2 Å². The van der Waals surface area contributed by atoms with Crippen molar-refractivity contribution >= 4 is 12.4 Å². The number of alkyl halides is 3. The largest absolute Gasteiger partial charge is 0.573 e. The van der Waals surface area contributed by atoms with Crippen molar-refractivity contribution in [3.63, 3.8) is 0 Å². The summed E-state index contributed by atoms with van der Waals surface area (Å²) in [4.78, 5) is 21.0. The minimum atomic E-state index is -4.81. The highest BCUT2D eigenvalue weighted by atomic mass is 19.4. The van der Waals surface area contributed by atoms with E-state index < -0.39 is 24.1 Å². The average molecular weight is 263 g/mol. The highest BCUT2D eigenvalue weighted by molar-refractivity contribution is 5.78. The lowest BCUT2D eigenvalue weighted by atomic mass is 10.1. The number of carbonyl (C=O) groups excluding carboxylic acids is 1. The van der Waals surface area contributed by atoms with Gasteiger partial charge in [-0.05, 0) is 17.7 Å². The van der Waals surface area contributed by atoms with E-state index in [4.69, 9.17) is 5.11 Å². The molecule has 0 fully saturated rings. The van der Waals surface area contributed by atoms with Crippen LogP contribution in [0.5, 0.6) is 5.75 Å². The van der Waals surface area contributed by atoms with Gasteiger partial charge in [-0.3, -0.25) is 4.79 Å². The highest BCUT2D eigenvalue weighted by Crippen LogP contribution is 2.24. The number of ether oxygens (including phenoxy) is 1. The standard InChI is InChI=1S/C10H8F3NO4/c11-10(12,13)18-7-3-1-6(2-4-7)8(9(16)17)14-5-15/h1-5,8H,(H,14,15)(H,16,17). The van der Waals surface area contributed by atoms with Gasteiger partial charge in [0.2, 0.25) is 6.41 Å². The van der Waals surface area contributed by atoms with Gasteiger partial charge in [-0.25, -0.2) is 4.79 Å². The van der Waals surface area contributed by atoms with Gasteiger partial charge in [0, 0.05) is 0 Å². The fourth-order valence-electron chi connectivity index (χ4n) is 1.24. The van der Waals surface area contributed by atoms with Crippen LogP contribution in [0.15, 0.2) is 24.3 Å². The fourth-order valence-corrected chi connectivity index (χ4v) is 1.24. The van der Waals surface area contributed by atoms with Crippen molar-refractivity contribution < 1.29 is 32.6 Å². The molecule has 0 aliphatic carbocycles. The van der Waals surface area contributed by atoms with Gasteiger partial charge in [-0.1, -0.05) is 12.1 Å².